The van der Waals surface area contributed by atoms with Crippen molar-refractivity contribution in [2.75, 3.05) is 5.32 Å². The first-order valence-corrected chi connectivity index (χ1v) is 6.88. The topological polar surface area (TPSA) is 110 Å². The van der Waals surface area contributed by atoms with Crippen molar-refractivity contribution in [2.24, 2.45) is 7.05 Å². The highest BCUT2D eigenvalue weighted by Crippen LogP contribution is 2.34. The van der Waals surface area contributed by atoms with E-state index in [1.165, 1.54) is 7.05 Å². The number of aromatic nitrogens is 3. The number of hydrogen-bond donors (Lipinski definition) is 2. The van der Waals surface area contributed by atoms with Crippen molar-refractivity contribution in [1.82, 2.24) is 14.7 Å². The molecule has 0 saturated carbocycles. The van der Waals surface area contributed by atoms with Crippen LogP contribution >= 0.6 is 11.8 Å². The first-order chi connectivity index (χ1) is 9.58. The van der Waals surface area contributed by atoms with Crippen LogP contribution in [0, 0.1) is 0 Å². The van der Waals surface area contributed by atoms with Gasteiger partial charge in [0.1, 0.15) is 5.56 Å². The van der Waals surface area contributed by atoms with Gasteiger partial charge in [0.2, 0.25) is 5.88 Å². The van der Waals surface area contributed by atoms with Crippen LogP contribution in [0.15, 0.2) is 20.3 Å². The number of aromatic amines is 1. The Morgan fingerprint density at radius 2 is 2.30 bits per heavy atom. The summed E-state index contributed by atoms with van der Waals surface area (Å²) >= 11 is 1.67. The average molecular weight is 294 g/mol. The van der Waals surface area contributed by atoms with Crippen molar-refractivity contribution in [3.8, 4) is 0 Å². The second-order valence-corrected chi connectivity index (χ2v) is 5.24. The molecule has 0 spiro atoms. The van der Waals surface area contributed by atoms with E-state index in [1.54, 1.807) is 11.8 Å². The summed E-state index contributed by atoms with van der Waals surface area (Å²) < 4.78 is 5.88. The van der Waals surface area contributed by atoms with Crippen LogP contribution in [0.2, 0.25) is 0 Å². The van der Waals surface area contributed by atoms with E-state index in [1.807, 2.05) is 0 Å². The number of nitrogens with zero attached hydrogens (tertiary/aromatic N) is 2. The van der Waals surface area contributed by atoms with Gasteiger partial charge in [0.05, 0.1) is 11.3 Å². The van der Waals surface area contributed by atoms with Crippen molar-refractivity contribution in [2.45, 2.75) is 11.5 Å². The summed E-state index contributed by atoms with van der Waals surface area (Å²) in [5.74, 6) is 1.06. The van der Waals surface area contributed by atoms with Crippen molar-refractivity contribution in [3.63, 3.8) is 0 Å². The molecular formula is C11H10N4O4S. The number of thioether (sulfide) groups is 1. The summed E-state index contributed by atoms with van der Waals surface area (Å²) in [5.41, 5.74) is 0.229. The zero-order valence-corrected chi connectivity index (χ0v) is 11.2. The fraction of sp³-hybridized carbons (Fsp3) is 0.273. The Kier molecular flexibility index (Phi) is 2.97. The highest BCUT2D eigenvalue weighted by atomic mass is 32.2. The molecule has 1 aliphatic heterocycles. The Balaban J connectivity index is 1.92. The van der Waals surface area contributed by atoms with Gasteiger partial charge in [-0.1, -0.05) is 5.16 Å². The average Bonchev–Trinajstić information content (AvgIpc) is 3.01. The molecule has 9 heteroatoms. The minimum Gasteiger partial charge on any atom is -0.338 e. The molecule has 3 rings (SSSR count). The molecule has 0 fully saturated rings. The van der Waals surface area contributed by atoms with Gasteiger partial charge in [-0.3, -0.25) is 19.5 Å². The third-order valence-corrected chi connectivity index (χ3v) is 3.98. The zero-order chi connectivity index (χ0) is 14.3. The first kappa shape index (κ1) is 12.7. The lowest BCUT2D eigenvalue weighted by Gasteiger charge is -2.03. The number of nitrogens with one attached hydrogen (secondary N) is 2. The molecule has 0 unspecified atom stereocenters. The van der Waals surface area contributed by atoms with Gasteiger partial charge in [-0.25, -0.2) is 4.79 Å². The molecule has 20 heavy (non-hydrogen) atoms. The van der Waals surface area contributed by atoms with Crippen LogP contribution in [0.4, 0.5) is 5.88 Å². The number of hydrogen-bond acceptors (Lipinski definition) is 6. The van der Waals surface area contributed by atoms with Gasteiger partial charge in [-0.15, -0.1) is 0 Å². The second-order valence-electron chi connectivity index (χ2n) is 4.26. The lowest BCUT2D eigenvalue weighted by atomic mass is 10.2. The van der Waals surface area contributed by atoms with E-state index in [2.05, 4.69) is 15.5 Å². The van der Waals surface area contributed by atoms with Gasteiger partial charge >= 0.3 is 5.69 Å². The standard InChI is InChI=1S/C11H10N4O4S/c1-15-10(17)5(2-12-11(15)18)8(16)13-9-6-3-20-4-7(6)14-19-9/h2H,3-4H2,1H3,(H,12,18)(H,13,16). The van der Waals surface area contributed by atoms with Crippen molar-refractivity contribution in [3.05, 3.63) is 43.9 Å². The Morgan fingerprint density at radius 1 is 1.50 bits per heavy atom. The quantitative estimate of drug-likeness (QED) is 0.810. The lowest BCUT2D eigenvalue weighted by molar-refractivity contribution is 0.102. The molecular weight excluding hydrogens is 284 g/mol. The fourth-order valence-corrected chi connectivity index (χ4v) is 2.88. The molecule has 1 amide bonds. The molecule has 0 saturated heterocycles. The van der Waals surface area contributed by atoms with Gasteiger partial charge < -0.3 is 9.51 Å². The summed E-state index contributed by atoms with van der Waals surface area (Å²) in [5, 5.41) is 6.36. The molecule has 0 bridgehead atoms. The molecule has 0 atom stereocenters. The molecule has 0 radical (unpaired) electrons. The third kappa shape index (κ3) is 1.95. The Labute approximate surface area is 116 Å². The van der Waals surface area contributed by atoms with Gasteiger partial charge in [-0.2, -0.15) is 11.8 Å². The predicted molar refractivity (Wildman–Crippen MR) is 71.8 cm³/mol. The Hall–Kier alpha value is -2.29. The molecule has 3 heterocycles. The lowest BCUT2D eigenvalue weighted by Crippen LogP contribution is -2.37. The van der Waals surface area contributed by atoms with Crippen molar-refractivity contribution in [1.29, 1.82) is 0 Å². The van der Waals surface area contributed by atoms with Crippen molar-refractivity contribution >= 4 is 23.6 Å². The number of fused-ring (bicyclic) bond motifs is 1. The van der Waals surface area contributed by atoms with E-state index in [4.69, 9.17) is 4.52 Å². The van der Waals surface area contributed by atoms with Crippen molar-refractivity contribution < 1.29 is 9.32 Å². The van der Waals surface area contributed by atoms with E-state index in [9.17, 15) is 14.4 Å². The molecule has 8 nitrogen and oxygen atoms in total. The van der Waals surface area contributed by atoms with Crippen LogP contribution < -0.4 is 16.6 Å². The molecule has 104 valence electrons. The van der Waals surface area contributed by atoms with Crippen LogP contribution in [0.5, 0.6) is 0 Å². The van der Waals surface area contributed by atoms with Gasteiger partial charge in [0, 0.05) is 24.8 Å². The highest BCUT2D eigenvalue weighted by molar-refractivity contribution is 7.98. The van der Waals surface area contributed by atoms with Crippen LogP contribution in [-0.4, -0.2) is 20.6 Å². The summed E-state index contributed by atoms with van der Waals surface area (Å²) in [6.07, 6.45) is 1.09. The number of carbonyl (C=O) groups excluding carboxylic acids is 1. The summed E-state index contributed by atoms with van der Waals surface area (Å²) in [6, 6.07) is 0. The maximum absolute atomic E-state index is 12.1. The fourth-order valence-electron chi connectivity index (χ4n) is 1.85. The third-order valence-electron chi connectivity index (χ3n) is 3.01. The van der Waals surface area contributed by atoms with E-state index in [-0.39, 0.29) is 11.4 Å². The van der Waals surface area contributed by atoms with Gasteiger partial charge in [-0.05, 0) is 0 Å². The summed E-state index contributed by atoms with van der Waals surface area (Å²) in [6.45, 7) is 0. The van der Waals surface area contributed by atoms with Crippen LogP contribution in [0.3, 0.4) is 0 Å². The van der Waals surface area contributed by atoms with E-state index in [0.717, 1.165) is 27.8 Å². The molecule has 2 aromatic rings. The smallest absolute Gasteiger partial charge is 0.328 e. The van der Waals surface area contributed by atoms with E-state index >= 15 is 0 Å². The minimum absolute atomic E-state index is 0.164. The first-order valence-electron chi connectivity index (χ1n) is 5.73. The number of carbonyl (C=O) groups is 1. The van der Waals surface area contributed by atoms with Gasteiger partial charge in [0.15, 0.2) is 0 Å². The number of anilines is 1. The monoisotopic (exact) mass is 294 g/mol. The van der Waals surface area contributed by atoms with E-state index < -0.39 is 17.2 Å². The Morgan fingerprint density at radius 3 is 3.10 bits per heavy atom. The molecule has 2 aromatic heterocycles. The van der Waals surface area contributed by atoms with Crippen LogP contribution in [-0.2, 0) is 18.6 Å². The van der Waals surface area contributed by atoms with Crippen LogP contribution in [0.25, 0.3) is 0 Å². The number of amides is 1. The maximum atomic E-state index is 12.1. The van der Waals surface area contributed by atoms with E-state index in [0.29, 0.717) is 5.75 Å². The van der Waals surface area contributed by atoms with Crippen LogP contribution in [0.1, 0.15) is 21.6 Å². The van der Waals surface area contributed by atoms with Gasteiger partial charge in [0.25, 0.3) is 11.5 Å². The molecule has 0 aliphatic carbocycles. The molecule has 1 aliphatic rings. The zero-order valence-electron chi connectivity index (χ0n) is 10.4. The summed E-state index contributed by atoms with van der Waals surface area (Å²) in [7, 11) is 1.29. The number of rotatable bonds is 2. The minimum atomic E-state index is -0.670. The Bertz CT molecular complexity index is 803. The SMILES string of the molecule is Cn1c(=O)[nH]cc(C(=O)Nc2onc3c2CSC3)c1=O. The molecule has 2 N–H and O–H groups in total. The summed E-state index contributed by atoms with van der Waals surface area (Å²) in [4.78, 5) is 37.4. The molecule has 0 aromatic carbocycles. The predicted octanol–water partition coefficient (Wildman–Crippen LogP) is 0.0607. The second kappa shape index (κ2) is 4.67. The highest BCUT2D eigenvalue weighted by Gasteiger charge is 2.24. The number of H-pyrrole nitrogens is 1. The maximum Gasteiger partial charge on any atom is 0.328 e. The largest absolute Gasteiger partial charge is 0.338 e. The normalized spacial score (nSPS) is 13.2.